The molecule has 0 bridgehead atoms. The van der Waals surface area contributed by atoms with Crippen LogP contribution in [0.5, 0.6) is 0 Å². The predicted octanol–water partition coefficient (Wildman–Crippen LogP) is 3.63. The monoisotopic (exact) mass is 323 g/mol. The van der Waals surface area contributed by atoms with Crippen molar-refractivity contribution in [1.82, 2.24) is 4.57 Å². The number of aliphatic hydroxyl groups excluding tert-OH is 1. The van der Waals surface area contributed by atoms with Crippen LogP contribution < -0.4 is 5.76 Å². The second-order valence-corrected chi connectivity index (χ2v) is 5.53. The molecule has 1 N–H and O–H groups in total. The van der Waals surface area contributed by atoms with Gasteiger partial charge < -0.3 is 9.52 Å². The lowest BCUT2D eigenvalue weighted by Gasteiger charge is -2.11. The number of halogens is 2. The number of aromatic nitrogens is 1. The molecule has 0 saturated heterocycles. The van der Waals surface area contributed by atoms with E-state index >= 15 is 0 Å². The Morgan fingerprint density at radius 3 is 2.67 bits per heavy atom. The number of oxazole rings is 1. The fourth-order valence-corrected chi connectivity index (χ4v) is 2.57. The maximum Gasteiger partial charge on any atom is 0.420 e. The van der Waals surface area contributed by atoms with Crippen molar-refractivity contribution < 1.29 is 9.52 Å². The van der Waals surface area contributed by atoms with E-state index in [1.165, 1.54) is 4.57 Å². The van der Waals surface area contributed by atoms with E-state index in [0.29, 0.717) is 26.7 Å². The van der Waals surface area contributed by atoms with Gasteiger partial charge in [0.15, 0.2) is 5.58 Å². The summed E-state index contributed by atoms with van der Waals surface area (Å²) in [6, 6.07) is 11.8. The molecule has 108 valence electrons. The van der Waals surface area contributed by atoms with Crippen LogP contribution in [0.15, 0.2) is 51.7 Å². The Bertz CT molecular complexity index is 853. The SMILES string of the molecule is O=c1oc2ccc(Cl)cc2n1CC(O)c1cccc(Cl)c1. The van der Waals surface area contributed by atoms with Crippen LogP contribution in [-0.4, -0.2) is 9.67 Å². The second kappa shape index (κ2) is 5.56. The number of nitrogens with zero attached hydrogens (tertiary/aromatic N) is 1. The molecule has 0 radical (unpaired) electrons. The zero-order valence-electron chi connectivity index (χ0n) is 10.8. The molecule has 0 amide bonds. The first-order valence-electron chi connectivity index (χ1n) is 6.27. The van der Waals surface area contributed by atoms with E-state index in [0.717, 1.165) is 0 Å². The largest absolute Gasteiger partial charge is 0.420 e. The quantitative estimate of drug-likeness (QED) is 0.800. The van der Waals surface area contributed by atoms with Crippen molar-refractivity contribution in [1.29, 1.82) is 0 Å². The van der Waals surface area contributed by atoms with Crippen LogP contribution in [0.3, 0.4) is 0 Å². The molecule has 0 spiro atoms. The van der Waals surface area contributed by atoms with Gasteiger partial charge in [0.25, 0.3) is 0 Å². The van der Waals surface area contributed by atoms with E-state index in [2.05, 4.69) is 0 Å². The number of hydrogen-bond donors (Lipinski definition) is 1. The van der Waals surface area contributed by atoms with E-state index < -0.39 is 11.9 Å². The lowest BCUT2D eigenvalue weighted by Crippen LogP contribution is -2.18. The Hall–Kier alpha value is -1.75. The van der Waals surface area contributed by atoms with Gasteiger partial charge in [-0.1, -0.05) is 35.3 Å². The standard InChI is InChI=1S/C15H11Cl2NO3/c16-10-3-1-2-9(6-10)13(19)8-18-12-7-11(17)4-5-14(12)21-15(18)20/h1-7,13,19H,8H2. The van der Waals surface area contributed by atoms with Crippen molar-refractivity contribution in [3.8, 4) is 0 Å². The predicted molar refractivity (Wildman–Crippen MR) is 81.9 cm³/mol. The Labute approximate surface area is 130 Å². The molecule has 1 unspecified atom stereocenters. The van der Waals surface area contributed by atoms with Crippen LogP contribution in [0.2, 0.25) is 10.0 Å². The zero-order valence-corrected chi connectivity index (χ0v) is 12.3. The molecule has 4 nitrogen and oxygen atoms in total. The molecule has 0 aliphatic carbocycles. The summed E-state index contributed by atoms with van der Waals surface area (Å²) in [4.78, 5) is 11.9. The molecule has 3 rings (SSSR count). The Balaban J connectivity index is 2.00. The van der Waals surface area contributed by atoms with Gasteiger partial charge in [-0.25, -0.2) is 4.79 Å². The lowest BCUT2D eigenvalue weighted by atomic mass is 10.1. The third-order valence-corrected chi connectivity index (χ3v) is 3.69. The molecule has 0 aliphatic rings. The fourth-order valence-electron chi connectivity index (χ4n) is 2.20. The molecule has 2 aromatic carbocycles. The molecule has 1 heterocycles. The summed E-state index contributed by atoms with van der Waals surface area (Å²) in [7, 11) is 0. The van der Waals surface area contributed by atoms with E-state index in [9.17, 15) is 9.90 Å². The number of fused-ring (bicyclic) bond motifs is 1. The Kier molecular flexibility index (Phi) is 3.76. The Morgan fingerprint density at radius 2 is 1.90 bits per heavy atom. The summed E-state index contributed by atoms with van der Waals surface area (Å²) in [5.41, 5.74) is 1.61. The van der Waals surface area contributed by atoms with Crippen LogP contribution in [0.1, 0.15) is 11.7 Å². The first-order valence-corrected chi connectivity index (χ1v) is 7.02. The van der Waals surface area contributed by atoms with Crippen LogP contribution in [0, 0.1) is 0 Å². The van der Waals surface area contributed by atoms with Crippen LogP contribution in [-0.2, 0) is 6.54 Å². The number of aliphatic hydroxyl groups is 1. The van der Waals surface area contributed by atoms with Crippen LogP contribution in [0.4, 0.5) is 0 Å². The molecular weight excluding hydrogens is 313 g/mol. The molecule has 3 aromatic rings. The molecule has 6 heteroatoms. The van der Waals surface area contributed by atoms with Crippen molar-refractivity contribution in [3.63, 3.8) is 0 Å². The topological polar surface area (TPSA) is 55.4 Å². The lowest BCUT2D eigenvalue weighted by molar-refractivity contribution is 0.155. The van der Waals surface area contributed by atoms with E-state index in [-0.39, 0.29) is 6.54 Å². The minimum absolute atomic E-state index is 0.0620. The molecular formula is C15H11Cl2NO3. The van der Waals surface area contributed by atoms with Gasteiger partial charge in [0.1, 0.15) is 0 Å². The van der Waals surface area contributed by atoms with Crippen molar-refractivity contribution >= 4 is 34.3 Å². The third-order valence-electron chi connectivity index (χ3n) is 3.22. The second-order valence-electron chi connectivity index (χ2n) is 4.66. The van der Waals surface area contributed by atoms with Gasteiger partial charge in [0, 0.05) is 10.0 Å². The molecule has 0 saturated carbocycles. The first-order chi connectivity index (χ1) is 10.0. The van der Waals surface area contributed by atoms with E-state index in [1.807, 2.05) is 0 Å². The average molecular weight is 324 g/mol. The summed E-state index contributed by atoms with van der Waals surface area (Å²) >= 11 is 11.8. The highest BCUT2D eigenvalue weighted by Gasteiger charge is 2.15. The minimum atomic E-state index is -0.874. The van der Waals surface area contributed by atoms with Crippen molar-refractivity contribution in [2.24, 2.45) is 0 Å². The number of hydrogen-bond acceptors (Lipinski definition) is 3. The molecule has 21 heavy (non-hydrogen) atoms. The van der Waals surface area contributed by atoms with Crippen molar-refractivity contribution in [2.75, 3.05) is 0 Å². The smallest absolute Gasteiger partial charge is 0.408 e. The van der Waals surface area contributed by atoms with Gasteiger partial charge >= 0.3 is 5.76 Å². The summed E-state index contributed by atoms with van der Waals surface area (Å²) in [6.07, 6.45) is -0.874. The van der Waals surface area contributed by atoms with Gasteiger partial charge in [0.2, 0.25) is 0 Å². The summed E-state index contributed by atoms with van der Waals surface area (Å²) in [5, 5.41) is 11.3. The highest BCUT2D eigenvalue weighted by molar-refractivity contribution is 6.31. The highest BCUT2D eigenvalue weighted by Crippen LogP contribution is 2.22. The summed E-state index contributed by atoms with van der Waals surface area (Å²) < 4.78 is 6.48. The van der Waals surface area contributed by atoms with Gasteiger partial charge in [-0.3, -0.25) is 4.57 Å². The van der Waals surface area contributed by atoms with Gasteiger partial charge in [-0.05, 0) is 35.9 Å². The summed E-state index contributed by atoms with van der Waals surface area (Å²) in [5.74, 6) is -0.534. The number of rotatable bonds is 3. The van der Waals surface area contributed by atoms with E-state index in [4.69, 9.17) is 27.6 Å². The fraction of sp³-hybridized carbons (Fsp3) is 0.133. The average Bonchev–Trinajstić information content (AvgIpc) is 2.75. The number of benzene rings is 2. The van der Waals surface area contributed by atoms with Crippen molar-refractivity contribution in [3.05, 3.63) is 68.6 Å². The maximum absolute atomic E-state index is 11.9. The highest BCUT2D eigenvalue weighted by atomic mass is 35.5. The molecule has 1 atom stereocenters. The maximum atomic E-state index is 11.9. The van der Waals surface area contributed by atoms with Gasteiger partial charge in [-0.15, -0.1) is 0 Å². The first kappa shape index (κ1) is 14.2. The molecule has 0 fully saturated rings. The zero-order chi connectivity index (χ0) is 15.0. The van der Waals surface area contributed by atoms with Crippen LogP contribution >= 0.6 is 23.2 Å². The van der Waals surface area contributed by atoms with Gasteiger partial charge in [-0.2, -0.15) is 0 Å². The third kappa shape index (κ3) is 2.83. The minimum Gasteiger partial charge on any atom is -0.408 e. The molecule has 1 aromatic heterocycles. The molecule has 0 aliphatic heterocycles. The van der Waals surface area contributed by atoms with Crippen molar-refractivity contribution in [2.45, 2.75) is 12.6 Å². The van der Waals surface area contributed by atoms with Crippen LogP contribution in [0.25, 0.3) is 11.1 Å². The normalized spacial score (nSPS) is 12.7. The summed E-state index contributed by atoms with van der Waals surface area (Å²) in [6.45, 7) is 0.0620. The Morgan fingerprint density at radius 1 is 1.14 bits per heavy atom. The van der Waals surface area contributed by atoms with Gasteiger partial charge in [0.05, 0.1) is 18.2 Å². The van der Waals surface area contributed by atoms with E-state index in [1.54, 1.807) is 42.5 Å².